The van der Waals surface area contributed by atoms with E-state index in [1.807, 2.05) is 30.3 Å². The SMILES string of the molecule is O=C(CN1C(=O)C(c2ccccc2)Oc2cccnc21)NCCCN1CCCCC1. The van der Waals surface area contributed by atoms with Crippen LogP contribution in [-0.4, -0.2) is 54.4 Å². The number of amides is 2. The number of nitrogens with one attached hydrogen (secondary N) is 1. The molecule has 1 fully saturated rings. The van der Waals surface area contributed by atoms with E-state index in [1.54, 1.807) is 18.3 Å². The van der Waals surface area contributed by atoms with Crippen molar-refractivity contribution in [1.29, 1.82) is 0 Å². The lowest BCUT2D eigenvalue weighted by Gasteiger charge is -2.33. The number of hydrogen-bond donors (Lipinski definition) is 1. The van der Waals surface area contributed by atoms with Crippen molar-refractivity contribution in [2.45, 2.75) is 31.8 Å². The number of piperidine rings is 1. The minimum atomic E-state index is -0.783. The first-order valence-corrected chi connectivity index (χ1v) is 10.7. The van der Waals surface area contributed by atoms with Gasteiger partial charge in [0.25, 0.3) is 5.91 Å². The van der Waals surface area contributed by atoms with Crippen molar-refractivity contribution in [2.75, 3.05) is 37.6 Å². The number of anilines is 1. The van der Waals surface area contributed by atoms with E-state index < -0.39 is 6.10 Å². The zero-order valence-electron chi connectivity index (χ0n) is 17.1. The third-order valence-corrected chi connectivity index (χ3v) is 5.57. The number of ether oxygens (including phenoxy) is 1. The molecule has 0 saturated carbocycles. The molecule has 0 spiro atoms. The Morgan fingerprint density at radius 3 is 2.70 bits per heavy atom. The van der Waals surface area contributed by atoms with Crippen LogP contribution in [0.25, 0.3) is 0 Å². The summed E-state index contributed by atoms with van der Waals surface area (Å²) in [6, 6.07) is 12.9. The van der Waals surface area contributed by atoms with Gasteiger partial charge in [-0.15, -0.1) is 0 Å². The molecule has 158 valence electrons. The number of rotatable bonds is 7. The number of fused-ring (bicyclic) bond motifs is 1. The van der Waals surface area contributed by atoms with Crippen LogP contribution in [0.1, 0.15) is 37.4 Å². The Hall–Kier alpha value is -2.93. The van der Waals surface area contributed by atoms with Crippen molar-refractivity contribution in [1.82, 2.24) is 15.2 Å². The van der Waals surface area contributed by atoms with Crippen molar-refractivity contribution in [3.05, 3.63) is 54.2 Å². The van der Waals surface area contributed by atoms with E-state index in [0.29, 0.717) is 18.1 Å². The third kappa shape index (κ3) is 4.79. The summed E-state index contributed by atoms with van der Waals surface area (Å²) in [7, 11) is 0. The van der Waals surface area contributed by atoms with E-state index in [9.17, 15) is 9.59 Å². The molecule has 1 atom stereocenters. The highest BCUT2D eigenvalue weighted by Gasteiger charge is 2.37. The first-order valence-electron chi connectivity index (χ1n) is 10.7. The summed E-state index contributed by atoms with van der Waals surface area (Å²) in [5, 5.41) is 2.95. The van der Waals surface area contributed by atoms with Gasteiger partial charge in [-0.25, -0.2) is 4.98 Å². The highest BCUT2D eigenvalue weighted by atomic mass is 16.5. The lowest BCUT2D eigenvalue weighted by atomic mass is 10.1. The van der Waals surface area contributed by atoms with Crippen LogP contribution in [0.2, 0.25) is 0 Å². The molecular formula is C23H28N4O3. The van der Waals surface area contributed by atoms with Gasteiger partial charge < -0.3 is 15.0 Å². The van der Waals surface area contributed by atoms with E-state index in [2.05, 4.69) is 15.2 Å². The average molecular weight is 409 g/mol. The van der Waals surface area contributed by atoms with Gasteiger partial charge >= 0.3 is 0 Å². The first kappa shape index (κ1) is 20.3. The number of nitrogens with zero attached hydrogens (tertiary/aromatic N) is 3. The Bertz CT molecular complexity index is 868. The standard InChI is InChI=1S/C23H28N4O3/c28-20(24-13-8-16-26-14-5-2-6-15-26)17-27-22-19(11-7-12-25-22)30-21(23(27)29)18-9-3-1-4-10-18/h1,3-4,7,9-12,21H,2,5-6,8,13-17H2,(H,24,28). The van der Waals surface area contributed by atoms with Gasteiger partial charge in [0, 0.05) is 18.3 Å². The quantitative estimate of drug-likeness (QED) is 0.713. The molecule has 2 aliphatic rings. The van der Waals surface area contributed by atoms with Crippen LogP contribution in [0.4, 0.5) is 5.82 Å². The summed E-state index contributed by atoms with van der Waals surface area (Å²) >= 11 is 0. The maximum atomic E-state index is 13.1. The minimum Gasteiger partial charge on any atom is -0.472 e. The van der Waals surface area contributed by atoms with Crippen LogP contribution in [0.15, 0.2) is 48.7 Å². The first-order chi connectivity index (χ1) is 14.7. The highest BCUT2D eigenvalue weighted by molar-refractivity contribution is 6.03. The fraction of sp³-hybridized carbons (Fsp3) is 0.435. The van der Waals surface area contributed by atoms with Gasteiger partial charge in [-0.3, -0.25) is 14.5 Å². The molecule has 0 radical (unpaired) electrons. The highest BCUT2D eigenvalue weighted by Crippen LogP contribution is 2.36. The molecule has 7 nitrogen and oxygen atoms in total. The van der Waals surface area contributed by atoms with E-state index in [-0.39, 0.29) is 18.4 Å². The van der Waals surface area contributed by atoms with E-state index in [4.69, 9.17) is 4.74 Å². The fourth-order valence-corrected chi connectivity index (χ4v) is 4.00. The van der Waals surface area contributed by atoms with Crippen LogP contribution in [-0.2, 0) is 9.59 Å². The Morgan fingerprint density at radius 1 is 1.10 bits per heavy atom. The number of hydrogen-bond acceptors (Lipinski definition) is 5. The van der Waals surface area contributed by atoms with E-state index in [0.717, 1.165) is 31.6 Å². The molecule has 1 saturated heterocycles. The summed E-state index contributed by atoms with van der Waals surface area (Å²) in [5.41, 5.74) is 0.754. The summed E-state index contributed by atoms with van der Waals surface area (Å²) in [6.07, 6.45) is 5.57. The van der Waals surface area contributed by atoms with Gasteiger partial charge in [-0.2, -0.15) is 0 Å². The second-order valence-corrected chi connectivity index (χ2v) is 7.76. The maximum absolute atomic E-state index is 13.1. The smallest absolute Gasteiger partial charge is 0.274 e. The van der Waals surface area contributed by atoms with Gasteiger partial charge in [-0.05, 0) is 51.0 Å². The predicted octanol–water partition coefficient (Wildman–Crippen LogP) is 2.54. The lowest BCUT2D eigenvalue weighted by molar-refractivity contribution is -0.129. The zero-order chi connectivity index (χ0) is 20.8. The monoisotopic (exact) mass is 408 g/mol. The van der Waals surface area contributed by atoms with Gasteiger partial charge in [0.1, 0.15) is 6.54 Å². The lowest BCUT2D eigenvalue weighted by Crippen LogP contribution is -2.47. The van der Waals surface area contributed by atoms with Gasteiger partial charge in [0.2, 0.25) is 12.0 Å². The van der Waals surface area contributed by atoms with Crippen LogP contribution < -0.4 is 15.0 Å². The zero-order valence-corrected chi connectivity index (χ0v) is 17.1. The van der Waals surface area contributed by atoms with E-state index >= 15 is 0 Å². The van der Waals surface area contributed by atoms with Gasteiger partial charge in [-0.1, -0.05) is 36.8 Å². The van der Waals surface area contributed by atoms with Crippen molar-refractivity contribution in [3.8, 4) is 5.75 Å². The predicted molar refractivity (Wildman–Crippen MR) is 114 cm³/mol. The molecule has 4 rings (SSSR count). The Morgan fingerprint density at radius 2 is 1.90 bits per heavy atom. The normalized spacial score (nSPS) is 19.1. The number of aromatic nitrogens is 1. The van der Waals surface area contributed by atoms with Crippen LogP contribution >= 0.6 is 0 Å². The molecular weight excluding hydrogens is 380 g/mol. The van der Waals surface area contributed by atoms with Crippen molar-refractivity contribution >= 4 is 17.6 Å². The Kier molecular flexibility index (Phi) is 6.59. The number of carbonyl (C=O) groups excluding carboxylic acids is 2. The molecule has 0 aliphatic carbocycles. The van der Waals surface area contributed by atoms with Crippen molar-refractivity contribution in [3.63, 3.8) is 0 Å². The molecule has 1 N–H and O–H groups in total. The average Bonchev–Trinajstić information content (AvgIpc) is 2.80. The number of likely N-dealkylation sites (tertiary alicyclic amines) is 1. The van der Waals surface area contributed by atoms with Crippen LogP contribution in [0.3, 0.4) is 0 Å². The number of pyridine rings is 1. The van der Waals surface area contributed by atoms with Crippen molar-refractivity contribution in [2.24, 2.45) is 0 Å². The minimum absolute atomic E-state index is 0.0702. The third-order valence-electron chi connectivity index (χ3n) is 5.57. The van der Waals surface area contributed by atoms with Crippen LogP contribution in [0, 0.1) is 0 Å². The summed E-state index contributed by atoms with van der Waals surface area (Å²) in [4.78, 5) is 33.9. The summed E-state index contributed by atoms with van der Waals surface area (Å²) in [5.74, 6) is 0.421. The molecule has 2 aliphatic heterocycles. The molecule has 2 aromatic rings. The Labute approximate surface area is 177 Å². The van der Waals surface area contributed by atoms with E-state index in [1.165, 1.54) is 24.2 Å². The molecule has 3 heterocycles. The van der Waals surface area contributed by atoms with Crippen LogP contribution in [0.5, 0.6) is 5.75 Å². The molecule has 0 bridgehead atoms. The number of carbonyl (C=O) groups is 2. The molecule has 1 unspecified atom stereocenters. The second-order valence-electron chi connectivity index (χ2n) is 7.76. The van der Waals surface area contributed by atoms with Gasteiger partial charge in [0.05, 0.1) is 0 Å². The Balaban J connectivity index is 1.37. The topological polar surface area (TPSA) is 74.8 Å². The number of benzene rings is 1. The maximum Gasteiger partial charge on any atom is 0.274 e. The molecule has 1 aromatic heterocycles. The second kappa shape index (κ2) is 9.71. The molecule has 1 aromatic carbocycles. The molecule has 7 heteroatoms. The van der Waals surface area contributed by atoms with Gasteiger partial charge in [0.15, 0.2) is 11.6 Å². The fourth-order valence-electron chi connectivity index (χ4n) is 4.00. The summed E-state index contributed by atoms with van der Waals surface area (Å²) < 4.78 is 5.92. The molecule has 30 heavy (non-hydrogen) atoms. The summed E-state index contributed by atoms with van der Waals surface area (Å²) in [6.45, 7) is 3.83. The largest absolute Gasteiger partial charge is 0.472 e. The molecule has 2 amide bonds. The van der Waals surface area contributed by atoms with Crippen molar-refractivity contribution < 1.29 is 14.3 Å².